The molecule has 0 saturated heterocycles. The Balaban J connectivity index is 1.85. The Morgan fingerprint density at radius 2 is 1.68 bits per heavy atom. The fourth-order valence-electron chi connectivity index (χ4n) is 2.52. The Hall–Kier alpha value is -2.37. The Kier molecular flexibility index (Phi) is 5.06. The molecule has 0 aliphatic carbocycles. The van der Waals surface area contributed by atoms with Gasteiger partial charge in [0.15, 0.2) is 4.84 Å². The molecule has 0 radical (unpaired) electrons. The topological polar surface area (TPSA) is 70.6 Å². The number of aliphatic imine (C=N–C) groups is 1. The summed E-state index contributed by atoms with van der Waals surface area (Å²) < 4.78 is 0. The fourth-order valence-corrected chi connectivity index (χ4v) is 2.92. The molecule has 0 spiro atoms. The molecule has 1 atom stereocenters. The summed E-state index contributed by atoms with van der Waals surface area (Å²) in [5.41, 5.74) is -0.245. The number of amides is 2. The van der Waals surface area contributed by atoms with Crippen LogP contribution in [0.2, 0.25) is 0 Å². The molecule has 1 unspecified atom stereocenters. The lowest BCUT2D eigenvalue weighted by molar-refractivity contribution is -0.130. The monoisotopic (exact) mass is 375 g/mol. The molecule has 2 aromatic carbocycles. The van der Waals surface area contributed by atoms with Crippen molar-refractivity contribution in [3.05, 3.63) is 71.8 Å². The van der Waals surface area contributed by atoms with Crippen LogP contribution in [0.1, 0.15) is 11.1 Å². The molecule has 2 amide bonds. The molecule has 1 aliphatic heterocycles. The van der Waals surface area contributed by atoms with Crippen molar-refractivity contribution in [2.45, 2.75) is 16.9 Å². The highest BCUT2D eigenvalue weighted by molar-refractivity contribution is 6.47. The number of carbonyl (C=O) groups excluding carboxylic acids is 2. The molecular formula is C18H15Cl2N3O2. The van der Waals surface area contributed by atoms with Gasteiger partial charge < -0.3 is 10.6 Å². The van der Waals surface area contributed by atoms with Crippen LogP contribution in [0, 0.1) is 0 Å². The molecule has 0 aromatic heterocycles. The summed E-state index contributed by atoms with van der Waals surface area (Å²) in [5.74, 6) is -0.648. The fraction of sp³-hybridized carbons (Fsp3) is 0.167. The van der Waals surface area contributed by atoms with Gasteiger partial charge in [-0.15, -0.1) is 0 Å². The first kappa shape index (κ1) is 17.5. The number of amidine groups is 1. The average molecular weight is 376 g/mol. The van der Waals surface area contributed by atoms with Crippen LogP contribution in [0.3, 0.4) is 0 Å². The summed E-state index contributed by atoms with van der Waals surface area (Å²) in [5, 5.41) is 5.23. The number of nitrogens with zero attached hydrogens (tertiary/aromatic N) is 1. The minimum Gasteiger partial charge on any atom is -0.321 e. The second-order valence-corrected chi connectivity index (χ2v) is 6.65. The molecule has 5 nitrogen and oxygen atoms in total. The highest BCUT2D eigenvalue weighted by Gasteiger charge is 2.50. The van der Waals surface area contributed by atoms with E-state index in [1.165, 1.54) is 0 Å². The van der Waals surface area contributed by atoms with Crippen molar-refractivity contribution in [2.24, 2.45) is 4.99 Å². The van der Waals surface area contributed by atoms with Gasteiger partial charge in [0.25, 0.3) is 5.91 Å². The van der Waals surface area contributed by atoms with E-state index in [1.807, 2.05) is 48.5 Å². The molecule has 0 bridgehead atoms. The Morgan fingerprint density at radius 3 is 2.28 bits per heavy atom. The largest absolute Gasteiger partial charge is 0.321 e. The van der Waals surface area contributed by atoms with Gasteiger partial charge in [-0.05, 0) is 5.56 Å². The molecule has 7 heteroatoms. The normalized spacial score (nSPS) is 19.5. The maximum absolute atomic E-state index is 12.5. The van der Waals surface area contributed by atoms with Gasteiger partial charge in [-0.2, -0.15) is 0 Å². The van der Waals surface area contributed by atoms with Crippen LogP contribution in [-0.4, -0.2) is 28.1 Å². The van der Waals surface area contributed by atoms with E-state index in [0.717, 1.165) is 5.56 Å². The van der Waals surface area contributed by atoms with E-state index < -0.39 is 22.3 Å². The van der Waals surface area contributed by atoms with Crippen LogP contribution >= 0.6 is 23.2 Å². The van der Waals surface area contributed by atoms with E-state index in [1.54, 1.807) is 12.1 Å². The van der Waals surface area contributed by atoms with E-state index in [2.05, 4.69) is 15.6 Å². The number of alkyl halides is 2. The summed E-state index contributed by atoms with van der Waals surface area (Å²) >= 11 is 12.0. The minimum absolute atomic E-state index is 0.0898. The number of benzene rings is 2. The van der Waals surface area contributed by atoms with Crippen molar-refractivity contribution >= 4 is 40.9 Å². The number of hydrogen-bond donors (Lipinski definition) is 2. The first-order valence-electron chi connectivity index (χ1n) is 7.61. The standard InChI is InChI=1S/C18H15Cl2N3O2/c19-16(20)18(22-14(24)11-12-7-3-1-4-8-12)17(25)21-15(23-18)13-9-5-2-6-10-13/h1-10,16H,11H2,(H,22,24)(H,21,23,25). The summed E-state index contributed by atoms with van der Waals surface area (Å²) in [4.78, 5) is 28.0. The number of rotatable bonds is 5. The van der Waals surface area contributed by atoms with Gasteiger partial charge >= 0.3 is 0 Å². The van der Waals surface area contributed by atoms with Gasteiger partial charge in [-0.25, -0.2) is 4.99 Å². The summed E-state index contributed by atoms with van der Waals surface area (Å²) in [6.07, 6.45) is 0.0898. The predicted octanol–water partition coefficient (Wildman–Crippen LogP) is 2.42. The third kappa shape index (κ3) is 3.67. The zero-order valence-electron chi connectivity index (χ0n) is 13.1. The van der Waals surface area contributed by atoms with Crippen LogP contribution < -0.4 is 10.6 Å². The van der Waals surface area contributed by atoms with Gasteiger partial charge in [-0.1, -0.05) is 83.9 Å². The lowest BCUT2D eigenvalue weighted by atomic mass is 10.1. The van der Waals surface area contributed by atoms with Crippen LogP contribution in [0.5, 0.6) is 0 Å². The first-order valence-corrected chi connectivity index (χ1v) is 8.48. The SMILES string of the molecule is O=C(Cc1ccccc1)NC1(C(Cl)Cl)N=C(c2ccccc2)NC1=O. The molecule has 2 N–H and O–H groups in total. The first-order chi connectivity index (χ1) is 12.0. The average Bonchev–Trinajstić information content (AvgIpc) is 2.94. The lowest BCUT2D eigenvalue weighted by Crippen LogP contribution is -2.58. The van der Waals surface area contributed by atoms with Gasteiger partial charge in [0.05, 0.1) is 6.42 Å². The summed E-state index contributed by atoms with van der Waals surface area (Å²) in [7, 11) is 0. The number of carbonyl (C=O) groups is 2. The molecule has 0 fully saturated rings. The van der Waals surface area contributed by atoms with Crippen molar-refractivity contribution in [2.75, 3.05) is 0 Å². The Morgan fingerprint density at radius 1 is 1.08 bits per heavy atom. The molecule has 0 saturated carbocycles. The van der Waals surface area contributed by atoms with E-state index >= 15 is 0 Å². The van der Waals surface area contributed by atoms with E-state index in [9.17, 15) is 9.59 Å². The molecule has 2 aromatic rings. The van der Waals surface area contributed by atoms with Crippen LogP contribution in [0.4, 0.5) is 0 Å². The smallest absolute Gasteiger partial charge is 0.277 e. The minimum atomic E-state index is -1.75. The van der Waals surface area contributed by atoms with Crippen molar-refractivity contribution in [3.63, 3.8) is 0 Å². The highest BCUT2D eigenvalue weighted by Crippen LogP contribution is 2.27. The summed E-state index contributed by atoms with van der Waals surface area (Å²) in [6.45, 7) is 0. The molecule has 1 heterocycles. The third-order valence-corrected chi connectivity index (χ3v) is 4.40. The number of nitrogens with one attached hydrogen (secondary N) is 2. The highest BCUT2D eigenvalue weighted by atomic mass is 35.5. The Bertz CT molecular complexity index is 810. The van der Waals surface area contributed by atoms with Crippen molar-refractivity contribution in [1.82, 2.24) is 10.6 Å². The maximum Gasteiger partial charge on any atom is 0.277 e. The van der Waals surface area contributed by atoms with Crippen LogP contribution in [-0.2, 0) is 16.0 Å². The zero-order chi connectivity index (χ0) is 17.9. The second-order valence-electron chi connectivity index (χ2n) is 5.56. The molecule has 25 heavy (non-hydrogen) atoms. The van der Waals surface area contributed by atoms with E-state index in [-0.39, 0.29) is 6.42 Å². The number of hydrogen-bond acceptors (Lipinski definition) is 3. The van der Waals surface area contributed by atoms with Crippen molar-refractivity contribution in [3.8, 4) is 0 Å². The third-order valence-electron chi connectivity index (χ3n) is 3.77. The molecule has 128 valence electrons. The zero-order valence-corrected chi connectivity index (χ0v) is 14.6. The van der Waals surface area contributed by atoms with Crippen molar-refractivity contribution < 1.29 is 9.59 Å². The molecular weight excluding hydrogens is 361 g/mol. The van der Waals surface area contributed by atoms with Gasteiger partial charge in [-0.3, -0.25) is 9.59 Å². The van der Waals surface area contributed by atoms with Crippen molar-refractivity contribution in [1.29, 1.82) is 0 Å². The molecule has 1 aliphatic rings. The van der Waals surface area contributed by atoms with Gasteiger partial charge in [0.2, 0.25) is 11.6 Å². The van der Waals surface area contributed by atoms with E-state index in [4.69, 9.17) is 23.2 Å². The Labute approximate surface area is 155 Å². The lowest BCUT2D eigenvalue weighted by Gasteiger charge is -2.25. The van der Waals surface area contributed by atoms with Gasteiger partial charge in [0, 0.05) is 5.56 Å². The van der Waals surface area contributed by atoms with E-state index in [0.29, 0.717) is 11.4 Å². The van der Waals surface area contributed by atoms with Gasteiger partial charge in [0.1, 0.15) is 5.84 Å². The summed E-state index contributed by atoms with van der Waals surface area (Å²) in [6, 6.07) is 18.2. The van der Waals surface area contributed by atoms with Crippen LogP contribution in [0.25, 0.3) is 0 Å². The maximum atomic E-state index is 12.5. The molecule has 3 rings (SSSR count). The number of halogens is 2. The predicted molar refractivity (Wildman–Crippen MR) is 97.6 cm³/mol. The van der Waals surface area contributed by atoms with Crippen LogP contribution in [0.15, 0.2) is 65.7 Å². The quantitative estimate of drug-likeness (QED) is 0.787. The second kappa shape index (κ2) is 7.25.